The number of unbranched alkanes of at least 4 members (excludes halogenated alkanes) is 2. The zero-order valence-electron chi connectivity index (χ0n) is 19.3. The quantitative estimate of drug-likeness (QED) is 0.464. The van der Waals surface area contributed by atoms with Gasteiger partial charge in [0.25, 0.3) is 0 Å². The second-order valence-corrected chi connectivity index (χ2v) is 9.24. The van der Waals surface area contributed by atoms with Gasteiger partial charge in [0.1, 0.15) is 18.2 Å². The van der Waals surface area contributed by atoms with Crippen LogP contribution in [0.3, 0.4) is 0 Å². The van der Waals surface area contributed by atoms with Crippen LogP contribution in [0.4, 0.5) is 4.39 Å². The van der Waals surface area contributed by atoms with Crippen molar-refractivity contribution in [1.29, 1.82) is 5.26 Å². The molecule has 0 saturated carbocycles. The van der Waals surface area contributed by atoms with Gasteiger partial charge in [-0.3, -0.25) is 9.80 Å². The molecule has 2 bridgehead atoms. The van der Waals surface area contributed by atoms with Crippen molar-refractivity contribution < 1.29 is 9.13 Å². The lowest BCUT2D eigenvalue weighted by atomic mass is 9.95. The number of benzene rings is 2. The molecule has 3 atom stereocenters. The molecule has 4 nitrogen and oxygen atoms in total. The van der Waals surface area contributed by atoms with Crippen molar-refractivity contribution >= 4 is 0 Å². The first-order valence-electron chi connectivity index (χ1n) is 12.0. The highest BCUT2D eigenvalue weighted by atomic mass is 19.1. The van der Waals surface area contributed by atoms with Crippen LogP contribution >= 0.6 is 0 Å². The summed E-state index contributed by atoms with van der Waals surface area (Å²) in [6.07, 6.45) is 6.13. The van der Waals surface area contributed by atoms with E-state index < -0.39 is 0 Å². The number of piperazine rings is 1. The molecule has 2 aliphatic rings. The minimum atomic E-state index is -0.236. The maximum atomic E-state index is 13.1. The number of nitrogens with zero attached hydrogens (tertiary/aromatic N) is 3. The van der Waals surface area contributed by atoms with E-state index in [1.165, 1.54) is 49.8 Å². The normalized spacial score (nSPS) is 21.6. The molecule has 32 heavy (non-hydrogen) atoms. The van der Waals surface area contributed by atoms with Crippen molar-refractivity contribution in [3.8, 4) is 11.8 Å². The van der Waals surface area contributed by atoms with Gasteiger partial charge in [-0.15, -0.1) is 0 Å². The number of aryl methyl sites for hydroxylation is 1. The van der Waals surface area contributed by atoms with Gasteiger partial charge in [-0.25, -0.2) is 4.39 Å². The Morgan fingerprint density at radius 3 is 2.59 bits per heavy atom. The first kappa shape index (κ1) is 22.8. The monoisotopic (exact) mass is 435 g/mol. The molecule has 5 heteroatoms. The molecule has 0 amide bonds. The Bertz CT molecular complexity index is 939. The van der Waals surface area contributed by atoms with Crippen LogP contribution in [0.1, 0.15) is 61.8 Å². The number of likely N-dealkylation sites (tertiary alicyclic amines) is 2. The van der Waals surface area contributed by atoms with Crippen LogP contribution in [-0.2, 0) is 0 Å². The standard InChI is InChI=1S/C27H34FN3O/c1-3-4-5-6-27(21-7-8-22(17-29)20(2)15-21)31-19-24-16-25(31)18-30(24)13-14-32-26-11-9-23(28)10-12-26/h7-12,15,24-25,27H,3-6,13-14,16,18-19H2,1-2H3. The van der Waals surface area contributed by atoms with Crippen molar-refractivity contribution in [1.82, 2.24) is 9.80 Å². The average molecular weight is 436 g/mol. The van der Waals surface area contributed by atoms with Gasteiger partial charge >= 0.3 is 0 Å². The van der Waals surface area contributed by atoms with Gasteiger partial charge in [-0.05, 0) is 61.2 Å². The third-order valence-corrected chi connectivity index (χ3v) is 7.09. The van der Waals surface area contributed by atoms with E-state index in [0.717, 1.165) is 36.5 Å². The third kappa shape index (κ3) is 5.14. The molecule has 2 aromatic rings. The van der Waals surface area contributed by atoms with Crippen LogP contribution in [0.25, 0.3) is 0 Å². The Hall–Kier alpha value is -2.42. The number of hydrogen-bond acceptors (Lipinski definition) is 4. The number of nitriles is 1. The molecule has 2 aliphatic heterocycles. The molecule has 2 aromatic carbocycles. The molecule has 170 valence electrons. The Morgan fingerprint density at radius 2 is 1.94 bits per heavy atom. The molecule has 0 aromatic heterocycles. The van der Waals surface area contributed by atoms with E-state index in [4.69, 9.17) is 4.74 Å². The van der Waals surface area contributed by atoms with Crippen LogP contribution < -0.4 is 4.74 Å². The highest BCUT2D eigenvalue weighted by molar-refractivity contribution is 5.40. The summed E-state index contributed by atoms with van der Waals surface area (Å²) >= 11 is 0. The minimum Gasteiger partial charge on any atom is -0.492 e. The van der Waals surface area contributed by atoms with Crippen LogP contribution in [0.15, 0.2) is 42.5 Å². The van der Waals surface area contributed by atoms with Crippen molar-refractivity contribution in [3.05, 3.63) is 65.0 Å². The number of fused-ring (bicyclic) bond motifs is 2. The summed E-state index contributed by atoms with van der Waals surface area (Å²) in [6, 6.07) is 16.5. The van der Waals surface area contributed by atoms with E-state index in [1.807, 2.05) is 13.0 Å². The second-order valence-electron chi connectivity index (χ2n) is 9.24. The summed E-state index contributed by atoms with van der Waals surface area (Å²) in [4.78, 5) is 5.27. The third-order valence-electron chi connectivity index (χ3n) is 7.09. The predicted octanol–water partition coefficient (Wildman–Crippen LogP) is 5.46. The molecule has 4 rings (SSSR count). The molecule has 2 fully saturated rings. The summed E-state index contributed by atoms with van der Waals surface area (Å²) < 4.78 is 18.9. The van der Waals surface area contributed by atoms with Crippen molar-refractivity contribution in [3.63, 3.8) is 0 Å². The van der Waals surface area contributed by atoms with Crippen molar-refractivity contribution in [2.75, 3.05) is 26.2 Å². The largest absolute Gasteiger partial charge is 0.492 e. The number of hydrogen-bond donors (Lipinski definition) is 0. The van der Waals surface area contributed by atoms with E-state index in [9.17, 15) is 9.65 Å². The van der Waals surface area contributed by atoms with Crippen LogP contribution in [0, 0.1) is 24.1 Å². The van der Waals surface area contributed by atoms with Crippen molar-refractivity contribution in [2.45, 2.75) is 64.1 Å². The fourth-order valence-electron chi connectivity index (χ4n) is 5.38. The topological polar surface area (TPSA) is 39.5 Å². The van der Waals surface area contributed by atoms with Gasteiger partial charge in [0.05, 0.1) is 11.6 Å². The maximum absolute atomic E-state index is 13.1. The Balaban J connectivity index is 1.37. The van der Waals surface area contributed by atoms with Gasteiger partial charge in [-0.2, -0.15) is 5.26 Å². The fourth-order valence-corrected chi connectivity index (χ4v) is 5.38. The van der Waals surface area contributed by atoms with E-state index in [2.05, 4.69) is 34.9 Å². The summed E-state index contributed by atoms with van der Waals surface area (Å²) in [7, 11) is 0. The van der Waals surface area contributed by atoms with E-state index in [1.54, 1.807) is 12.1 Å². The fraction of sp³-hybridized carbons (Fsp3) is 0.519. The summed E-state index contributed by atoms with van der Waals surface area (Å²) in [5, 5.41) is 9.31. The first-order chi connectivity index (χ1) is 15.6. The van der Waals surface area contributed by atoms with Crippen molar-refractivity contribution in [2.24, 2.45) is 0 Å². The van der Waals surface area contributed by atoms with Gasteiger partial charge in [0.15, 0.2) is 0 Å². The van der Waals surface area contributed by atoms with E-state index in [-0.39, 0.29) is 5.82 Å². The minimum absolute atomic E-state index is 0.236. The van der Waals surface area contributed by atoms with Gasteiger partial charge < -0.3 is 4.74 Å². The Kier molecular flexibility index (Phi) is 7.44. The molecule has 0 N–H and O–H groups in total. The van der Waals surface area contributed by atoms with E-state index >= 15 is 0 Å². The molecule has 0 radical (unpaired) electrons. The lowest BCUT2D eigenvalue weighted by molar-refractivity contribution is 0.0780. The lowest BCUT2D eigenvalue weighted by Gasteiger charge is -2.39. The molecule has 2 heterocycles. The smallest absolute Gasteiger partial charge is 0.123 e. The molecule has 2 saturated heterocycles. The summed E-state index contributed by atoms with van der Waals surface area (Å²) in [5.41, 5.74) is 3.21. The molecular formula is C27H34FN3O. The molecule has 0 aliphatic carbocycles. The zero-order chi connectivity index (χ0) is 22.5. The SMILES string of the molecule is CCCCCC(c1ccc(C#N)c(C)c1)N1CC2CC1CN2CCOc1ccc(F)cc1. The first-order valence-corrected chi connectivity index (χ1v) is 12.0. The van der Waals surface area contributed by atoms with Gasteiger partial charge in [0.2, 0.25) is 0 Å². The zero-order valence-corrected chi connectivity index (χ0v) is 19.3. The number of halogens is 1. The predicted molar refractivity (Wildman–Crippen MR) is 125 cm³/mol. The highest BCUT2D eigenvalue weighted by Gasteiger charge is 2.45. The summed E-state index contributed by atoms with van der Waals surface area (Å²) in [5.74, 6) is 0.491. The van der Waals surface area contributed by atoms with Crippen LogP contribution in [0.5, 0.6) is 5.75 Å². The van der Waals surface area contributed by atoms with E-state index in [0.29, 0.717) is 24.7 Å². The molecule has 0 spiro atoms. The van der Waals surface area contributed by atoms with Gasteiger partial charge in [-0.1, -0.05) is 38.3 Å². The van der Waals surface area contributed by atoms with Gasteiger partial charge in [0, 0.05) is 37.8 Å². The number of rotatable bonds is 10. The molecular weight excluding hydrogens is 401 g/mol. The van der Waals surface area contributed by atoms with Crippen LogP contribution in [0.2, 0.25) is 0 Å². The van der Waals surface area contributed by atoms with Crippen LogP contribution in [-0.4, -0.2) is 48.1 Å². The Morgan fingerprint density at radius 1 is 1.12 bits per heavy atom. The Labute approximate surface area is 191 Å². The average Bonchev–Trinajstić information content (AvgIpc) is 3.39. The molecule has 3 unspecified atom stereocenters. The maximum Gasteiger partial charge on any atom is 0.123 e. The second kappa shape index (κ2) is 10.5. The highest BCUT2D eigenvalue weighted by Crippen LogP contribution is 2.39. The number of ether oxygens (including phenoxy) is 1. The lowest BCUT2D eigenvalue weighted by Crippen LogP contribution is -2.48. The summed E-state index contributed by atoms with van der Waals surface area (Å²) in [6.45, 7) is 8.01.